The second-order valence-corrected chi connectivity index (χ2v) is 17.6. The van der Waals surface area contributed by atoms with Gasteiger partial charge in [-0.3, -0.25) is 38.4 Å². The number of amides is 8. The maximum atomic E-state index is 13.6. The smallest absolute Gasteiger partial charge is 0.326 e. The van der Waals surface area contributed by atoms with Gasteiger partial charge in [0, 0.05) is 12.8 Å². The third kappa shape index (κ3) is 21.1. The molecule has 2 aromatic carbocycles. The molecule has 8 amide bonds. The van der Waals surface area contributed by atoms with E-state index < -0.39 is 127 Å². The number of aliphatic hydroxyl groups is 2. The predicted octanol–water partition coefficient (Wildman–Crippen LogP) is -2.38. The van der Waals surface area contributed by atoms with Crippen molar-refractivity contribution in [1.82, 2.24) is 42.5 Å². The van der Waals surface area contributed by atoms with E-state index in [0.717, 1.165) is 0 Å². The molecule has 0 unspecified atom stereocenters. The largest absolute Gasteiger partial charge is 0.480 e. The number of nitrogens with two attached hydrogens (primary N) is 2. The van der Waals surface area contributed by atoms with Gasteiger partial charge in [-0.2, -0.15) is 0 Å². The van der Waals surface area contributed by atoms with Gasteiger partial charge >= 0.3 is 5.97 Å². The van der Waals surface area contributed by atoms with E-state index in [4.69, 9.17) is 11.5 Å². The van der Waals surface area contributed by atoms with E-state index in [2.05, 4.69) is 42.5 Å². The number of carbonyl (C=O) groups is 9. The Labute approximate surface area is 402 Å². The van der Waals surface area contributed by atoms with Crippen molar-refractivity contribution in [2.24, 2.45) is 23.3 Å². The number of carboxylic acids is 1. The monoisotopic (exact) mass is 969 g/mol. The number of rotatable bonds is 30. The lowest BCUT2D eigenvalue weighted by Crippen LogP contribution is -2.60. The van der Waals surface area contributed by atoms with Gasteiger partial charge in [-0.05, 0) is 62.6 Å². The summed E-state index contributed by atoms with van der Waals surface area (Å²) in [5.74, 6) is -8.65. The van der Waals surface area contributed by atoms with Crippen molar-refractivity contribution in [3.8, 4) is 0 Å². The molecule has 0 saturated heterocycles. The van der Waals surface area contributed by atoms with Gasteiger partial charge in [-0.15, -0.1) is 0 Å². The molecule has 0 saturated carbocycles. The van der Waals surface area contributed by atoms with Crippen LogP contribution in [0.1, 0.15) is 78.4 Å². The van der Waals surface area contributed by atoms with Crippen LogP contribution in [0.15, 0.2) is 60.7 Å². The second-order valence-electron chi connectivity index (χ2n) is 17.6. The van der Waals surface area contributed by atoms with Gasteiger partial charge in [0.2, 0.25) is 47.3 Å². The fourth-order valence-corrected chi connectivity index (χ4v) is 6.83. The number of hydrogen-bond donors (Lipinski definition) is 13. The highest BCUT2D eigenvalue weighted by atomic mass is 16.4. The van der Waals surface area contributed by atoms with Crippen LogP contribution < -0.4 is 54.0 Å². The Kier molecular flexibility index (Phi) is 25.6. The number of unbranched alkanes of at least 4 members (excludes halogenated alkanes) is 1. The maximum Gasteiger partial charge on any atom is 0.326 e. The van der Waals surface area contributed by atoms with Gasteiger partial charge in [0.05, 0.1) is 25.3 Å². The minimum Gasteiger partial charge on any atom is -0.480 e. The normalized spacial score (nSPS) is 15.1. The van der Waals surface area contributed by atoms with E-state index in [9.17, 15) is 58.5 Å². The van der Waals surface area contributed by atoms with Crippen LogP contribution in [-0.4, -0.2) is 143 Å². The molecule has 15 N–H and O–H groups in total. The van der Waals surface area contributed by atoms with E-state index >= 15 is 0 Å². The van der Waals surface area contributed by atoms with Crippen LogP contribution in [0.3, 0.4) is 0 Å². The molecule has 2 aromatic rings. The minimum absolute atomic E-state index is 0.00364. The lowest BCUT2D eigenvalue weighted by atomic mass is 10.0. The predicted molar refractivity (Wildman–Crippen MR) is 254 cm³/mol. The Hall–Kier alpha value is -6.49. The third-order valence-corrected chi connectivity index (χ3v) is 10.8. The SMILES string of the molecule is CC(C)C[C@H](NC(=O)[C@H](CO)NC(=O)CNC(=O)[C@H](Cc1ccccc1)NC(=O)[C@@H](NC(=O)[C@@H](N)CCCCN)[C@@H](C)O)C(=O)N[C@@H](C)C(=O)N[C@@H](Cc1ccccc1)C(=O)N[C@H](C(=O)O)C(C)C. The molecule has 0 bridgehead atoms. The Morgan fingerprint density at radius 3 is 1.55 bits per heavy atom. The first kappa shape index (κ1) is 58.6. The molecule has 0 aliphatic rings. The fraction of sp³-hybridized carbons (Fsp3) is 0.553. The maximum absolute atomic E-state index is 13.6. The summed E-state index contributed by atoms with van der Waals surface area (Å²) in [6.07, 6.45) is 0.0448. The number of nitrogens with one attached hydrogen (secondary N) is 8. The summed E-state index contributed by atoms with van der Waals surface area (Å²) in [6.45, 7) is 8.12. The molecule has 0 fully saturated rings. The zero-order valence-corrected chi connectivity index (χ0v) is 40.2. The highest BCUT2D eigenvalue weighted by Gasteiger charge is 2.34. The minimum atomic E-state index is -1.62. The fourth-order valence-electron chi connectivity index (χ4n) is 6.83. The Balaban J connectivity index is 2.14. The lowest BCUT2D eigenvalue weighted by Gasteiger charge is -2.26. The van der Waals surface area contributed by atoms with Crippen LogP contribution in [0.5, 0.6) is 0 Å². The van der Waals surface area contributed by atoms with Crippen LogP contribution in [-0.2, 0) is 56.0 Å². The molecular weight excluding hydrogens is 897 g/mol. The molecular formula is C47H72N10O12. The summed E-state index contributed by atoms with van der Waals surface area (Å²) in [5.41, 5.74) is 12.8. The average molecular weight is 969 g/mol. The van der Waals surface area contributed by atoms with E-state index in [-0.39, 0.29) is 31.6 Å². The van der Waals surface area contributed by atoms with Crippen LogP contribution in [0.4, 0.5) is 0 Å². The van der Waals surface area contributed by atoms with E-state index in [1.165, 1.54) is 13.8 Å². The topological polar surface area (TPSA) is 363 Å². The molecule has 0 aliphatic carbocycles. The van der Waals surface area contributed by atoms with Crippen LogP contribution in [0.2, 0.25) is 0 Å². The number of aliphatic hydroxyl groups excluding tert-OH is 2. The molecule has 9 atom stereocenters. The Morgan fingerprint density at radius 2 is 1.06 bits per heavy atom. The van der Waals surface area contributed by atoms with Crippen LogP contribution >= 0.6 is 0 Å². The van der Waals surface area contributed by atoms with E-state index in [1.54, 1.807) is 88.4 Å². The first-order valence-electron chi connectivity index (χ1n) is 23.0. The Bertz CT molecular complexity index is 2010. The summed E-state index contributed by atoms with van der Waals surface area (Å²) >= 11 is 0. The summed E-state index contributed by atoms with van der Waals surface area (Å²) in [5, 5.41) is 49.9. The van der Waals surface area contributed by atoms with Gasteiger partial charge in [0.25, 0.3) is 0 Å². The standard InChI is InChI=1S/C47H72N10O12/c1-26(2)21-33(43(64)51-28(5)40(61)53-35(23-31-17-11-8-12-18-31)44(65)56-38(27(3)4)47(68)69)54-45(66)36(25-58)52-37(60)24-50-42(63)34(22-30-15-9-7-10-16-30)55-46(67)39(29(6)59)57-41(62)32(49)19-13-14-20-48/h7-12,15-18,26-29,32-36,38-39,58-59H,13-14,19-25,48-49H2,1-6H3,(H,50,63)(H,51,64)(H,52,60)(H,53,61)(H,54,66)(H,55,67)(H,56,65)(H,57,62)(H,68,69)/t28-,29+,32-,33-,34-,35-,36-,38-,39-/m0/s1. The summed E-state index contributed by atoms with van der Waals surface area (Å²) in [4.78, 5) is 119. The van der Waals surface area contributed by atoms with E-state index in [1.807, 2.05) is 0 Å². The summed E-state index contributed by atoms with van der Waals surface area (Å²) in [6, 6.07) is 6.75. The first-order chi connectivity index (χ1) is 32.6. The van der Waals surface area contributed by atoms with Crippen molar-refractivity contribution < 1.29 is 58.5 Å². The zero-order chi connectivity index (χ0) is 51.8. The van der Waals surface area contributed by atoms with Crippen molar-refractivity contribution in [1.29, 1.82) is 0 Å². The van der Waals surface area contributed by atoms with Crippen molar-refractivity contribution in [2.45, 2.75) is 135 Å². The highest BCUT2D eigenvalue weighted by molar-refractivity contribution is 5.97. The van der Waals surface area contributed by atoms with Crippen molar-refractivity contribution >= 4 is 53.2 Å². The Morgan fingerprint density at radius 1 is 0.565 bits per heavy atom. The molecule has 0 aliphatic heterocycles. The number of carbonyl (C=O) groups excluding carboxylic acids is 8. The molecule has 0 spiro atoms. The molecule has 69 heavy (non-hydrogen) atoms. The molecule has 2 rings (SSSR count). The molecule has 0 aromatic heterocycles. The highest BCUT2D eigenvalue weighted by Crippen LogP contribution is 2.10. The van der Waals surface area contributed by atoms with Crippen LogP contribution in [0, 0.1) is 11.8 Å². The molecule has 382 valence electrons. The molecule has 22 heteroatoms. The third-order valence-electron chi connectivity index (χ3n) is 10.8. The number of benzene rings is 2. The van der Waals surface area contributed by atoms with Crippen molar-refractivity contribution in [3.05, 3.63) is 71.8 Å². The van der Waals surface area contributed by atoms with Crippen molar-refractivity contribution in [2.75, 3.05) is 19.7 Å². The number of carboxylic acid groups (broad SMARTS) is 1. The first-order valence-corrected chi connectivity index (χ1v) is 23.0. The molecule has 22 nitrogen and oxygen atoms in total. The second kappa shape index (κ2) is 30.1. The van der Waals surface area contributed by atoms with Gasteiger partial charge in [-0.1, -0.05) is 94.8 Å². The average Bonchev–Trinajstić information content (AvgIpc) is 3.29. The van der Waals surface area contributed by atoms with Gasteiger partial charge in [0.1, 0.15) is 42.3 Å². The number of hydrogen-bond acceptors (Lipinski definition) is 13. The van der Waals surface area contributed by atoms with Crippen molar-refractivity contribution in [3.63, 3.8) is 0 Å². The molecule has 0 heterocycles. The molecule has 0 radical (unpaired) electrons. The van der Waals surface area contributed by atoms with Crippen LogP contribution in [0.25, 0.3) is 0 Å². The van der Waals surface area contributed by atoms with E-state index in [0.29, 0.717) is 30.5 Å². The number of aliphatic carboxylic acids is 1. The van der Waals surface area contributed by atoms with Gasteiger partial charge in [0.15, 0.2) is 0 Å². The quantitative estimate of drug-likeness (QED) is 0.0364. The lowest BCUT2D eigenvalue weighted by molar-refractivity contribution is -0.143. The van der Waals surface area contributed by atoms with Gasteiger partial charge in [-0.25, -0.2) is 4.79 Å². The zero-order valence-electron chi connectivity index (χ0n) is 40.2. The summed E-state index contributed by atoms with van der Waals surface area (Å²) in [7, 11) is 0. The van der Waals surface area contributed by atoms with Gasteiger partial charge < -0.3 is 69.3 Å². The summed E-state index contributed by atoms with van der Waals surface area (Å²) < 4.78 is 0.